The second kappa shape index (κ2) is 8.75. The summed E-state index contributed by atoms with van der Waals surface area (Å²) in [5.41, 5.74) is 1.94. The monoisotopic (exact) mass is 396 g/mol. The maximum absolute atomic E-state index is 13.2. The van der Waals surface area contributed by atoms with Crippen LogP contribution in [0.3, 0.4) is 0 Å². The van der Waals surface area contributed by atoms with Gasteiger partial charge in [0.1, 0.15) is 5.76 Å². The van der Waals surface area contributed by atoms with Gasteiger partial charge < -0.3 is 9.32 Å². The number of carbonyl (C=O) groups is 1. The standard InChI is InChI=1S/C21H20N2O4S/c1-15-5-7-17(8-6-15)22(14-19-4-3-13-27-19)21(24)16(2)28-20-11-9-18(10-12-20)23(25)26/h3-13,16H,14H2,1-2H3/t16-/m0/s1. The van der Waals surface area contributed by atoms with Gasteiger partial charge in [0.25, 0.3) is 5.69 Å². The van der Waals surface area contributed by atoms with E-state index < -0.39 is 4.92 Å². The van der Waals surface area contributed by atoms with Gasteiger partial charge in [0.2, 0.25) is 5.91 Å². The Morgan fingerprint density at radius 3 is 2.39 bits per heavy atom. The summed E-state index contributed by atoms with van der Waals surface area (Å²) in [5, 5.41) is 10.4. The molecule has 3 rings (SSSR count). The molecule has 0 fully saturated rings. The molecule has 0 aliphatic heterocycles. The number of nitro benzene ring substituents is 1. The van der Waals surface area contributed by atoms with E-state index in [0.717, 1.165) is 16.1 Å². The molecule has 0 unspecified atom stereocenters. The smallest absolute Gasteiger partial charge is 0.269 e. The Hall–Kier alpha value is -3.06. The zero-order valence-corrected chi connectivity index (χ0v) is 16.4. The van der Waals surface area contributed by atoms with E-state index in [1.165, 1.54) is 23.9 Å². The molecule has 0 saturated carbocycles. The fourth-order valence-corrected chi connectivity index (χ4v) is 3.63. The van der Waals surface area contributed by atoms with Gasteiger partial charge >= 0.3 is 0 Å². The number of nitrogens with zero attached hydrogens (tertiary/aromatic N) is 2. The number of thioether (sulfide) groups is 1. The lowest BCUT2D eigenvalue weighted by atomic mass is 10.2. The summed E-state index contributed by atoms with van der Waals surface area (Å²) in [4.78, 5) is 26.0. The molecule has 1 heterocycles. The molecule has 3 aromatic rings. The number of rotatable bonds is 7. The molecule has 28 heavy (non-hydrogen) atoms. The minimum atomic E-state index is -0.439. The van der Waals surface area contributed by atoms with Crippen molar-refractivity contribution in [2.75, 3.05) is 4.90 Å². The van der Waals surface area contributed by atoms with E-state index in [0.29, 0.717) is 12.3 Å². The molecule has 7 heteroatoms. The number of hydrogen-bond donors (Lipinski definition) is 0. The molecule has 0 aliphatic rings. The van der Waals surface area contributed by atoms with E-state index in [-0.39, 0.29) is 16.8 Å². The fraction of sp³-hybridized carbons (Fsp3) is 0.190. The third-order valence-corrected chi connectivity index (χ3v) is 5.31. The van der Waals surface area contributed by atoms with Gasteiger partial charge in [0.05, 0.1) is 23.0 Å². The largest absolute Gasteiger partial charge is 0.467 e. The molecular formula is C21H20N2O4S. The summed E-state index contributed by atoms with van der Waals surface area (Å²) in [6.45, 7) is 4.16. The zero-order valence-electron chi connectivity index (χ0n) is 15.6. The van der Waals surface area contributed by atoms with Crippen molar-refractivity contribution in [3.8, 4) is 0 Å². The first-order valence-electron chi connectivity index (χ1n) is 8.75. The number of hydrogen-bond acceptors (Lipinski definition) is 5. The van der Waals surface area contributed by atoms with E-state index in [1.807, 2.05) is 44.2 Å². The summed E-state index contributed by atoms with van der Waals surface area (Å²) >= 11 is 1.37. The van der Waals surface area contributed by atoms with Crippen LogP contribution in [0.15, 0.2) is 76.2 Å². The highest BCUT2D eigenvalue weighted by Gasteiger charge is 2.24. The number of carbonyl (C=O) groups excluding carboxylic acids is 1. The third kappa shape index (κ3) is 4.80. The summed E-state index contributed by atoms with van der Waals surface area (Å²) < 4.78 is 5.43. The predicted molar refractivity (Wildman–Crippen MR) is 109 cm³/mol. The van der Waals surface area contributed by atoms with Gasteiger partial charge in [-0.15, -0.1) is 11.8 Å². The Labute approximate surface area is 167 Å². The van der Waals surface area contributed by atoms with Gasteiger partial charge in [-0.05, 0) is 50.2 Å². The van der Waals surface area contributed by atoms with Crippen molar-refractivity contribution < 1.29 is 14.1 Å². The number of nitro groups is 1. The summed E-state index contributed by atoms with van der Waals surface area (Å²) in [6, 6.07) is 17.6. The minimum Gasteiger partial charge on any atom is -0.467 e. The van der Waals surface area contributed by atoms with E-state index >= 15 is 0 Å². The van der Waals surface area contributed by atoms with Gasteiger partial charge in [-0.2, -0.15) is 0 Å². The van der Waals surface area contributed by atoms with Crippen LogP contribution in [-0.4, -0.2) is 16.1 Å². The highest BCUT2D eigenvalue weighted by Crippen LogP contribution is 2.29. The van der Waals surface area contributed by atoms with E-state index in [2.05, 4.69) is 0 Å². The second-order valence-electron chi connectivity index (χ2n) is 6.35. The number of furan rings is 1. The number of anilines is 1. The number of non-ortho nitro benzene ring substituents is 1. The fourth-order valence-electron chi connectivity index (χ4n) is 2.70. The van der Waals surface area contributed by atoms with Crippen molar-refractivity contribution in [2.45, 2.75) is 30.5 Å². The average molecular weight is 396 g/mol. The Balaban J connectivity index is 1.79. The first-order valence-corrected chi connectivity index (χ1v) is 9.63. The molecular weight excluding hydrogens is 376 g/mol. The van der Waals surface area contributed by atoms with Crippen LogP contribution in [0.1, 0.15) is 18.2 Å². The third-order valence-electron chi connectivity index (χ3n) is 4.21. The summed E-state index contributed by atoms with van der Waals surface area (Å²) in [5.74, 6) is 0.630. The minimum absolute atomic E-state index is 0.0300. The topological polar surface area (TPSA) is 76.6 Å². The molecule has 0 saturated heterocycles. The normalized spacial score (nSPS) is 11.8. The number of benzene rings is 2. The van der Waals surface area contributed by atoms with Crippen LogP contribution in [0, 0.1) is 17.0 Å². The first-order chi connectivity index (χ1) is 13.4. The average Bonchev–Trinajstić information content (AvgIpc) is 3.20. The van der Waals surface area contributed by atoms with E-state index in [1.54, 1.807) is 29.4 Å². The van der Waals surface area contributed by atoms with Crippen molar-refractivity contribution in [1.29, 1.82) is 0 Å². The van der Waals surface area contributed by atoms with Crippen LogP contribution >= 0.6 is 11.8 Å². The van der Waals surface area contributed by atoms with Crippen LogP contribution < -0.4 is 4.90 Å². The SMILES string of the molecule is Cc1ccc(N(Cc2ccco2)C(=O)[C@H](C)Sc2ccc([N+](=O)[O-])cc2)cc1. The Morgan fingerprint density at radius 2 is 1.82 bits per heavy atom. The molecule has 0 bridgehead atoms. The van der Waals surface area contributed by atoms with E-state index in [4.69, 9.17) is 4.42 Å². The van der Waals surface area contributed by atoms with Crippen molar-refractivity contribution in [2.24, 2.45) is 0 Å². The van der Waals surface area contributed by atoms with Crippen molar-refractivity contribution in [1.82, 2.24) is 0 Å². The number of amides is 1. The molecule has 0 aliphatic carbocycles. The lowest BCUT2D eigenvalue weighted by Crippen LogP contribution is -2.36. The molecule has 144 valence electrons. The lowest BCUT2D eigenvalue weighted by Gasteiger charge is -2.25. The van der Waals surface area contributed by atoms with Gasteiger partial charge in [0.15, 0.2) is 0 Å². The quantitative estimate of drug-likeness (QED) is 0.311. The van der Waals surface area contributed by atoms with Crippen LogP contribution in [0.5, 0.6) is 0 Å². The van der Waals surface area contributed by atoms with E-state index in [9.17, 15) is 14.9 Å². The highest BCUT2D eigenvalue weighted by molar-refractivity contribution is 8.00. The highest BCUT2D eigenvalue weighted by atomic mass is 32.2. The zero-order chi connectivity index (χ0) is 20.1. The summed E-state index contributed by atoms with van der Waals surface area (Å²) in [7, 11) is 0. The molecule has 0 N–H and O–H groups in total. The van der Waals surface area contributed by atoms with Crippen LogP contribution in [0.4, 0.5) is 11.4 Å². The van der Waals surface area contributed by atoms with Crippen LogP contribution in [0.2, 0.25) is 0 Å². The molecule has 1 aromatic heterocycles. The van der Waals surface area contributed by atoms with Crippen molar-refractivity contribution in [3.63, 3.8) is 0 Å². The Morgan fingerprint density at radius 1 is 1.14 bits per heavy atom. The maximum atomic E-state index is 13.2. The Kier molecular flexibility index (Phi) is 6.16. The second-order valence-corrected chi connectivity index (χ2v) is 7.76. The molecule has 2 aromatic carbocycles. The van der Waals surface area contributed by atoms with Crippen LogP contribution in [-0.2, 0) is 11.3 Å². The maximum Gasteiger partial charge on any atom is 0.269 e. The van der Waals surface area contributed by atoms with Gasteiger partial charge in [-0.25, -0.2) is 0 Å². The van der Waals surface area contributed by atoms with Crippen LogP contribution in [0.25, 0.3) is 0 Å². The lowest BCUT2D eigenvalue weighted by molar-refractivity contribution is -0.384. The first kappa shape index (κ1) is 19.7. The predicted octanol–water partition coefficient (Wildman–Crippen LogP) is 5.21. The van der Waals surface area contributed by atoms with Crippen molar-refractivity contribution in [3.05, 3.63) is 88.4 Å². The molecule has 0 radical (unpaired) electrons. The molecule has 0 spiro atoms. The summed E-state index contributed by atoms with van der Waals surface area (Å²) in [6.07, 6.45) is 1.59. The molecule has 1 atom stereocenters. The molecule has 1 amide bonds. The van der Waals surface area contributed by atoms with Gasteiger partial charge in [-0.3, -0.25) is 14.9 Å². The van der Waals surface area contributed by atoms with Crippen molar-refractivity contribution >= 4 is 29.0 Å². The number of aryl methyl sites for hydroxylation is 1. The Bertz CT molecular complexity index is 938. The van der Waals surface area contributed by atoms with Gasteiger partial charge in [0, 0.05) is 22.7 Å². The van der Waals surface area contributed by atoms with Gasteiger partial charge in [-0.1, -0.05) is 17.7 Å². The molecule has 6 nitrogen and oxygen atoms in total.